The van der Waals surface area contributed by atoms with Crippen LogP contribution < -0.4 is 5.32 Å². The lowest BCUT2D eigenvalue weighted by Gasteiger charge is -2.35. The van der Waals surface area contributed by atoms with Crippen LogP contribution in [0.5, 0.6) is 0 Å². The number of halogens is 3. The van der Waals surface area contributed by atoms with E-state index in [9.17, 15) is 13.6 Å². The van der Waals surface area contributed by atoms with Gasteiger partial charge in [-0.05, 0) is 36.8 Å². The Labute approximate surface area is 189 Å². The number of hydrogen-bond acceptors (Lipinski definition) is 5. The molecule has 0 aliphatic carbocycles. The summed E-state index contributed by atoms with van der Waals surface area (Å²) in [4.78, 5) is 15.3. The smallest absolute Gasteiger partial charge is 0.257 e. The summed E-state index contributed by atoms with van der Waals surface area (Å²) < 4.78 is 38.5. The molecule has 1 atom stereocenters. The van der Waals surface area contributed by atoms with Crippen molar-refractivity contribution < 1.29 is 22.8 Å². The second-order valence-electron chi connectivity index (χ2n) is 7.48. The van der Waals surface area contributed by atoms with E-state index in [4.69, 9.17) is 20.9 Å². The van der Waals surface area contributed by atoms with Gasteiger partial charge in [0.15, 0.2) is 0 Å². The number of nitrogens with zero attached hydrogens (tertiary/aromatic N) is 2. The van der Waals surface area contributed by atoms with Gasteiger partial charge in [0.25, 0.3) is 5.91 Å². The molecule has 1 aromatic heterocycles. The van der Waals surface area contributed by atoms with Gasteiger partial charge in [-0.3, -0.25) is 9.69 Å². The maximum atomic E-state index is 14.5. The first-order valence-electron chi connectivity index (χ1n) is 10.2. The predicted octanol–water partition coefficient (Wildman–Crippen LogP) is 4.38. The van der Waals surface area contributed by atoms with Crippen LogP contribution in [-0.2, 0) is 4.74 Å². The fraction of sp³-hybridized carbons (Fsp3) is 0.304. The van der Waals surface area contributed by atoms with Crippen LogP contribution in [0.1, 0.15) is 27.7 Å². The zero-order chi connectivity index (χ0) is 22.7. The summed E-state index contributed by atoms with van der Waals surface area (Å²) in [6, 6.07) is 10.3. The first-order chi connectivity index (χ1) is 15.5. The lowest BCUT2D eigenvalue weighted by atomic mass is 10.0. The van der Waals surface area contributed by atoms with Crippen molar-refractivity contribution in [1.82, 2.24) is 15.4 Å². The molecule has 1 fully saturated rings. The van der Waals surface area contributed by atoms with E-state index in [-0.39, 0.29) is 46.0 Å². The van der Waals surface area contributed by atoms with Crippen molar-refractivity contribution >= 4 is 17.5 Å². The van der Waals surface area contributed by atoms with Crippen molar-refractivity contribution in [2.45, 2.75) is 13.0 Å². The molecular formula is C23H22ClF2N3O3. The van der Waals surface area contributed by atoms with E-state index in [1.807, 2.05) is 0 Å². The summed E-state index contributed by atoms with van der Waals surface area (Å²) >= 11 is 6.17. The minimum atomic E-state index is -0.600. The van der Waals surface area contributed by atoms with E-state index < -0.39 is 11.7 Å². The Morgan fingerprint density at radius 3 is 2.59 bits per heavy atom. The number of ether oxygens (including phenoxy) is 1. The minimum absolute atomic E-state index is 0.0134. The number of benzene rings is 2. The molecule has 0 saturated carbocycles. The number of carbonyl (C=O) groups is 1. The maximum absolute atomic E-state index is 14.5. The molecule has 4 rings (SSSR count). The number of morpholine rings is 1. The van der Waals surface area contributed by atoms with Crippen molar-refractivity contribution in [3.05, 3.63) is 76.0 Å². The van der Waals surface area contributed by atoms with E-state index >= 15 is 0 Å². The summed E-state index contributed by atoms with van der Waals surface area (Å²) in [6.45, 7) is 4.35. The summed E-state index contributed by atoms with van der Waals surface area (Å²) in [5.41, 5.74) is 1.05. The van der Waals surface area contributed by atoms with Crippen molar-refractivity contribution in [3.8, 4) is 11.3 Å². The number of aryl methyl sites for hydroxylation is 1. The van der Waals surface area contributed by atoms with E-state index in [0.29, 0.717) is 26.3 Å². The van der Waals surface area contributed by atoms with Gasteiger partial charge in [-0.15, -0.1) is 0 Å². The molecule has 1 aliphatic heterocycles. The minimum Gasteiger partial charge on any atom is -0.379 e. The van der Waals surface area contributed by atoms with Crippen LogP contribution in [0.4, 0.5) is 8.78 Å². The Morgan fingerprint density at radius 1 is 1.19 bits per heavy atom. The summed E-state index contributed by atoms with van der Waals surface area (Å²) in [6.07, 6.45) is 0. The van der Waals surface area contributed by atoms with Crippen LogP contribution >= 0.6 is 11.6 Å². The third kappa shape index (κ3) is 4.67. The van der Waals surface area contributed by atoms with Crippen LogP contribution in [0.2, 0.25) is 5.02 Å². The van der Waals surface area contributed by atoms with Crippen LogP contribution in [0.25, 0.3) is 11.3 Å². The summed E-state index contributed by atoms with van der Waals surface area (Å²) in [7, 11) is 0. The first-order valence-corrected chi connectivity index (χ1v) is 10.6. The lowest BCUT2D eigenvalue weighted by Crippen LogP contribution is -2.43. The molecule has 1 saturated heterocycles. The normalized spacial score (nSPS) is 15.5. The average molecular weight is 462 g/mol. The number of nitrogens with one attached hydrogen (secondary N) is 1. The quantitative estimate of drug-likeness (QED) is 0.590. The third-order valence-electron chi connectivity index (χ3n) is 5.49. The molecule has 3 aromatic rings. The van der Waals surface area contributed by atoms with Gasteiger partial charge < -0.3 is 14.6 Å². The van der Waals surface area contributed by atoms with E-state index in [1.165, 1.54) is 30.3 Å². The molecule has 1 amide bonds. The van der Waals surface area contributed by atoms with Gasteiger partial charge in [0, 0.05) is 19.6 Å². The van der Waals surface area contributed by atoms with Gasteiger partial charge in [0.2, 0.25) is 0 Å². The van der Waals surface area contributed by atoms with Gasteiger partial charge >= 0.3 is 0 Å². The molecule has 1 unspecified atom stereocenters. The Balaban J connectivity index is 1.59. The Bertz CT molecular complexity index is 1080. The summed E-state index contributed by atoms with van der Waals surface area (Å²) in [5.74, 6) is -1.14. The molecule has 2 aromatic carbocycles. The van der Waals surface area contributed by atoms with Crippen LogP contribution in [0, 0.1) is 18.6 Å². The third-order valence-corrected chi connectivity index (χ3v) is 5.80. The van der Waals surface area contributed by atoms with Crippen LogP contribution in [0.3, 0.4) is 0 Å². The topological polar surface area (TPSA) is 67.6 Å². The predicted molar refractivity (Wildman–Crippen MR) is 116 cm³/mol. The number of carbonyl (C=O) groups excluding carboxylic acids is 1. The monoisotopic (exact) mass is 461 g/mol. The van der Waals surface area contributed by atoms with Gasteiger partial charge in [0.1, 0.15) is 28.7 Å². The molecule has 6 nitrogen and oxygen atoms in total. The molecule has 0 spiro atoms. The molecule has 9 heteroatoms. The SMILES string of the molecule is Cc1onc(-c2c(F)cccc2Cl)c1C(=O)NCC(c1ccc(F)cc1)N1CCOCC1. The fourth-order valence-electron chi connectivity index (χ4n) is 3.84. The maximum Gasteiger partial charge on any atom is 0.257 e. The highest BCUT2D eigenvalue weighted by atomic mass is 35.5. The second kappa shape index (κ2) is 9.77. The van der Waals surface area contributed by atoms with E-state index in [2.05, 4.69) is 15.4 Å². The van der Waals surface area contributed by atoms with Gasteiger partial charge in [-0.1, -0.05) is 35.0 Å². The molecule has 2 heterocycles. The number of rotatable bonds is 6. The summed E-state index contributed by atoms with van der Waals surface area (Å²) in [5, 5.41) is 6.92. The van der Waals surface area contributed by atoms with Gasteiger partial charge in [0.05, 0.1) is 29.8 Å². The second-order valence-corrected chi connectivity index (χ2v) is 7.89. The zero-order valence-corrected chi connectivity index (χ0v) is 18.2. The van der Waals surface area contributed by atoms with Gasteiger partial charge in [-0.2, -0.15) is 0 Å². The first kappa shape index (κ1) is 22.4. The lowest BCUT2D eigenvalue weighted by molar-refractivity contribution is 0.0162. The molecule has 168 valence electrons. The highest BCUT2D eigenvalue weighted by Crippen LogP contribution is 2.33. The highest BCUT2D eigenvalue weighted by molar-refractivity contribution is 6.33. The van der Waals surface area contributed by atoms with Gasteiger partial charge in [-0.25, -0.2) is 8.78 Å². The molecular weight excluding hydrogens is 440 g/mol. The number of hydrogen-bond donors (Lipinski definition) is 1. The Hall–Kier alpha value is -2.81. The van der Waals surface area contributed by atoms with Crippen LogP contribution in [-0.4, -0.2) is 48.8 Å². The zero-order valence-electron chi connectivity index (χ0n) is 17.4. The molecule has 1 N–H and O–H groups in total. The van der Waals surface area contributed by atoms with Crippen molar-refractivity contribution in [1.29, 1.82) is 0 Å². The Kier molecular flexibility index (Phi) is 6.83. The standard InChI is InChI=1S/C23H22ClF2N3O3/c1-14-20(22(28-32-14)21-17(24)3-2-4-18(21)26)23(30)27-13-19(29-9-11-31-12-10-29)15-5-7-16(25)8-6-15/h2-8,19H,9-13H2,1H3,(H,27,30). The van der Waals surface area contributed by atoms with E-state index in [0.717, 1.165) is 5.56 Å². The van der Waals surface area contributed by atoms with Crippen molar-refractivity contribution in [3.63, 3.8) is 0 Å². The van der Waals surface area contributed by atoms with Crippen molar-refractivity contribution in [2.75, 3.05) is 32.8 Å². The largest absolute Gasteiger partial charge is 0.379 e. The molecule has 32 heavy (non-hydrogen) atoms. The molecule has 0 radical (unpaired) electrons. The number of aromatic nitrogens is 1. The number of amides is 1. The average Bonchev–Trinajstić information content (AvgIpc) is 3.16. The molecule has 1 aliphatic rings. The fourth-order valence-corrected chi connectivity index (χ4v) is 4.10. The Morgan fingerprint density at radius 2 is 1.91 bits per heavy atom. The molecule has 0 bridgehead atoms. The van der Waals surface area contributed by atoms with Crippen LogP contribution in [0.15, 0.2) is 47.0 Å². The highest BCUT2D eigenvalue weighted by Gasteiger charge is 2.28. The van der Waals surface area contributed by atoms with Crippen molar-refractivity contribution in [2.24, 2.45) is 0 Å². The van der Waals surface area contributed by atoms with E-state index in [1.54, 1.807) is 19.1 Å².